The van der Waals surface area contributed by atoms with Gasteiger partial charge in [0.15, 0.2) is 11.6 Å². The van der Waals surface area contributed by atoms with Crippen molar-refractivity contribution in [3.8, 4) is 11.5 Å². The number of nitrogens with zero attached hydrogens (tertiary/aromatic N) is 1. The summed E-state index contributed by atoms with van der Waals surface area (Å²) in [7, 11) is 3.18. The maximum Gasteiger partial charge on any atom is 0.253 e. The molecule has 2 aromatic heterocycles. The van der Waals surface area contributed by atoms with Gasteiger partial charge in [0.2, 0.25) is 0 Å². The van der Waals surface area contributed by atoms with E-state index in [1.54, 1.807) is 32.5 Å². The van der Waals surface area contributed by atoms with Crippen LogP contribution in [0, 0.1) is 0 Å². The van der Waals surface area contributed by atoms with Crippen LogP contribution in [0.1, 0.15) is 5.56 Å². The Morgan fingerprint density at radius 2 is 2.04 bits per heavy atom. The first-order valence-corrected chi connectivity index (χ1v) is 7.14. The second kappa shape index (κ2) is 6.39. The highest BCUT2D eigenvalue weighted by atomic mass is 16.5. The molecule has 6 nitrogen and oxygen atoms in total. The summed E-state index contributed by atoms with van der Waals surface area (Å²) in [4.78, 5) is 19.3. The topological polar surface area (TPSA) is 76.2 Å². The summed E-state index contributed by atoms with van der Waals surface area (Å²) < 4.78 is 10.4. The molecular weight excluding hydrogens is 294 g/mol. The second-order valence-electron chi connectivity index (χ2n) is 4.98. The molecule has 1 aromatic carbocycles. The van der Waals surface area contributed by atoms with E-state index in [-0.39, 0.29) is 5.56 Å². The van der Waals surface area contributed by atoms with Gasteiger partial charge in [0, 0.05) is 24.4 Å². The number of aromatic nitrogens is 2. The molecule has 3 aromatic rings. The lowest BCUT2D eigenvalue weighted by Gasteiger charge is -2.10. The summed E-state index contributed by atoms with van der Waals surface area (Å²) >= 11 is 0. The molecule has 0 aliphatic carbocycles. The van der Waals surface area contributed by atoms with Gasteiger partial charge in [-0.15, -0.1) is 0 Å². The minimum atomic E-state index is -0.145. The molecule has 0 unspecified atom stereocenters. The average Bonchev–Trinajstić information content (AvgIpc) is 2.59. The van der Waals surface area contributed by atoms with Gasteiger partial charge in [0.25, 0.3) is 5.56 Å². The fraction of sp³-hybridized carbons (Fsp3) is 0.176. The number of nitrogens with one attached hydrogen (secondary N) is 2. The van der Waals surface area contributed by atoms with Crippen molar-refractivity contribution in [1.82, 2.24) is 9.97 Å². The van der Waals surface area contributed by atoms with Crippen LogP contribution in [-0.4, -0.2) is 24.2 Å². The highest BCUT2D eigenvalue weighted by Gasteiger charge is 2.07. The molecule has 3 rings (SSSR count). The molecule has 0 spiro atoms. The second-order valence-corrected chi connectivity index (χ2v) is 4.98. The van der Waals surface area contributed by atoms with Gasteiger partial charge in [-0.2, -0.15) is 0 Å². The van der Waals surface area contributed by atoms with Crippen LogP contribution >= 0.6 is 0 Å². The molecule has 0 bridgehead atoms. The summed E-state index contributed by atoms with van der Waals surface area (Å²) in [6.45, 7) is 0.352. The van der Waals surface area contributed by atoms with Crippen molar-refractivity contribution in [2.24, 2.45) is 0 Å². The Hall–Kier alpha value is -3.02. The predicted molar refractivity (Wildman–Crippen MR) is 89.2 cm³/mol. The number of rotatable bonds is 5. The highest BCUT2D eigenvalue weighted by Crippen LogP contribution is 2.21. The van der Waals surface area contributed by atoms with Crippen molar-refractivity contribution in [3.05, 3.63) is 58.5 Å². The smallest absolute Gasteiger partial charge is 0.253 e. The molecule has 0 saturated heterocycles. The first kappa shape index (κ1) is 14.9. The van der Waals surface area contributed by atoms with Gasteiger partial charge in [0.1, 0.15) is 5.75 Å². The Morgan fingerprint density at radius 1 is 1.17 bits per heavy atom. The molecule has 0 aliphatic heterocycles. The van der Waals surface area contributed by atoms with Crippen LogP contribution in [0.3, 0.4) is 0 Å². The van der Waals surface area contributed by atoms with E-state index in [2.05, 4.69) is 15.3 Å². The maximum atomic E-state index is 12.2. The Balaban J connectivity index is 1.88. The summed E-state index contributed by atoms with van der Waals surface area (Å²) in [5.41, 5.74) is 1.22. The summed E-state index contributed by atoms with van der Waals surface area (Å²) in [5, 5.41) is 4.07. The number of benzene rings is 1. The monoisotopic (exact) mass is 311 g/mol. The lowest BCUT2D eigenvalue weighted by atomic mass is 10.1. The van der Waals surface area contributed by atoms with Gasteiger partial charge < -0.3 is 19.8 Å². The Bertz CT molecular complexity index is 890. The van der Waals surface area contributed by atoms with Gasteiger partial charge >= 0.3 is 0 Å². The van der Waals surface area contributed by atoms with Crippen molar-refractivity contribution in [3.63, 3.8) is 0 Å². The number of H-pyrrole nitrogens is 1. The van der Waals surface area contributed by atoms with Gasteiger partial charge in [-0.3, -0.25) is 4.79 Å². The van der Waals surface area contributed by atoms with Gasteiger partial charge in [-0.25, -0.2) is 4.98 Å². The van der Waals surface area contributed by atoms with Crippen LogP contribution in [0.15, 0.2) is 47.4 Å². The zero-order valence-corrected chi connectivity index (χ0v) is 12.9. The van der Waals surface area contributed by atoms with E-state index in [4.69, 9.17) is 9.47 Å². The predicted octanol–water partition coefficient (Wildman–Crippen LogP) is 2.55. The van der Waals surface area contributed by atoms with Crippen LogP contribution in [-0.2, 0) is 6.54 Å². The third-order valence-corrected chi connectivity index (χ3v) is 3.57. The minimum absolute atomic E-state index is 0.145. The van der Waals surface area contributed by atoms with Crippen LogP contribution in [0.2, 0.25) is 0 Å². The van der Waals surface area contributed by atoms with Crippen LogP contribution in [0.25, 0.3) is 10.9 Å². The summed E-state index contributed by atoms with van der Waals surface area (Å²) in [6, 6.07) is 11.0. The molecule has 0 saturated carbocycles. The quantitative estimate of drug-likeness (QED) is 0.757. The Kier molecular flexibility index (Phi) is 4.14. The first-order valence-electron chi connectivity index (χ1n) is 7.14. The van der Waals surface area contributed by atoms with Crippen molar-refractivity contribution < 1.29 is 9.47 Å². The van der Waals surface area contributed by atoms with E-state index in [0.29, 0.717) is 29.4 Å². The molecule has 6 heteroatoms. The number of hydrogen-bond donors (Lipinski definition) is 2. The number of pyridine rings is 2. The fourth-order valence-electron chi connectivity index (χ4n) is 2.35. The number of anilines is 1. The van der Waals surface area contributed by atoms with Crippen LogP contribution in [0.4, 0.5) is 5.82 Å². The lowest BCUT2D eigenvalue weighted by molar-refractivity contribution is 0.414. The van der Waals surface area contributed by atoms with E-state index < -0.39 is 0 Å². The normalized spacial score (nSPS) is 10.5. The molecule has 118 valence electrons. The number of ether oxygens (including phenoxy) is 2. The van der Waals surface area contributed by atoms with Gasteiger partial charge in [-0.1, -0.05) is 0 Å². The average molecular weight is 311 g/mol. The van der Waals surface area contributed by atoms with Crippen molar-refractivity contribution in [1.29, 1.82) is 0 Å². The summed E-state index contributed by atoms with van der Waals surface area (Å²) in [6.07, 6.45) is 1.67. The van der Waals surface area contributed by atoms with E-state index in [0.717, 1.165) is 10.9 Å². The molecule has 23 heavy (non-hydrogen) atoms. The largest absolute Gasteiger partial charge is 0.497 e. The summed E-state index contributed by atoms with van der Waals surface area (Å²) in [5.74, 6) is 1.94. The van der Waals surface area contributed by atoms with Crippen molar-refractivity contribution in [2.45, 2.75) is 6.54 Å². The van der Waals surface area contributed by atoms with Gasteiger partial charge in [-0.05, 0) is 35.7 Å². The maximum absolute atomic E-state index is 12.2. The molecule has 2 N–H and O–H groups in total. The standard InChI is InChI=1S/C17H17N3O3/c1-22-13-6-5-11-8-12(17(21)20-14(11)9-13)10-19-16-15(23-2)4-3-7-18-16/h3-9H,10H2,1-2H3,(H,18,19)(H,20,21). The SMILES string of the molecule is COc1ccc2cc(CNc3ncccc3OC)c(=O)[nH]c2c1. The van der Waals surface area contributed by atoms with Crippen LogP contribution < -0.4 is 20.3 Å². The minimum Gasteiger partial charge on any atom is -0.497 e. The van der Waals surface area contributed by atoms with E-state index in [1.807, 2.05) is 24.3 Å². The molecular formula is C17H17N3O3. The molecule has 0 amide bonds. The molecule has 0 aliphatic rings. The van der Waals surface area contributed by atoms with Crippen molar-refractivity contribution >= 4 is 16.7 Å². The highest BCUT2D eigenvalue weighted by molar-refractivity contribution is 5.80. The Morgan fingerprint density at radius 3 is 2.83 bits per heavy atom. The number of hydrogen-bond acceptors (Lipinski definition) is 5. The van der Waals surface area contributed by atoms with E-state index >= 15 is 0 Å². The molecule has 0 atom stereocenters. The third kappa shape index (κ3) is 3.11. The lowest BCUT2D eigenvalue weighted by Crippen LogP contribution is -2.16. The molecule has 0 radical (unpaired) electrons. The van der Waals surface area contributed by atoms with E-state index in [9.17, 15) is 4.79 Å². The fourth-order valence-corrected chi connectivity index (χ4v) is 2.35. The number of methoxy groups -OCH3 is 2. The van der Waals surface area contributed by atoms with Crippen LogP contribution in [0.5, 0.6) is 11.5 Å². The zero-order chi connectivity index (χ0) is 16.2. The number of fused-ring (bicyclic) bond motifs is 1. The first-order chi connectivity index (χ1) is 11.2. The number of aromatic amines is 1. The third-order valence-electron chi connectivity index (χ3n) is 3.57. The van der Waals surface area contributed by atoms with Gasteiger partial charge in [0.05, 0.1) is 19.7 Å². The Labute approximate surface area is 133 Å². The van der Waals surface area contributed by atoms with Crippen molar-refractivity contribution in [2.75, 3.05) is 19.5 Å². The zero-order valence-electron chi connectivity index (χ0n) is 12.9. The molecule has 2 heterocycles. The van der Waals surface area contributed by atoms with E-state index in [1.165, 1.54) is 0 Å². The molecule has 0 fully saturated rings.